The van der Waals surface area contributed by atoms with Gasteiger partial charge in [0.15, 0.2) is 0 Å². The lowest BCUT2D eigenvalue weighted by molar-refractivity contribution is 0.827. The van der Waals surface area contributed by atoms with Crippen LogP contribution in [0.1, 0.15) is 12.5 Å². The number of aryl methyl sites for hydroxylation is 2. The molecule has 0 saturated carbocycles. The third kappa shape index (κ3) is 2.91. The number of pyridine rings is 1. The quantitative estimate of drug-likeness (QED) is 0.288. The van der Waals surface area contributed by atoms with Crippen LogP contribution < -0.4 is 0 Å². The molecule has 6 aromatic rings. The number of benzene rings is 4. The highest BCUT2D eigenvalue weighted by atomic mass is 15.0. The number of aromatic nitrogens is 2. The Morgan fingerprint density at radius 1 is 0.656 bits per heavy atom. The van der Waals surface area contributed by atoms with Crippen molar-refractivity contribution < 1.29 is 0 Å². The molecule has 0 spiro atoms. The summed E-state index contributed by atoms with van der Waals surface area (Å²) in [6.45, 7) is 5.29. The molecular formula is C30H24N2. The van der Waals surface area contributed by atoms with Crippen molar-refractivity contribution in [3.8, 4) is 22.4 Å². The first-order valence-corrected chi connectivity index (χ1v) is 11.2. The lowest BCUT2D eigenvalue weighted by atomic mass is 9.97. The lowest BCUT2D eigenvalue weighted by Gasteiger charge is -2.11. The monoisotopic (exact) mass is 412 g/mol. The topological polar surface area (TPSA) is 17.8 Å². The van der Waals surface area contributed by atoms with E-state index in [1.54, 1.807) is 0 Å². The molecule has 154 valence electrons. The van der Waals surface area contributed by atoms with Crippen molar-refractivity contribution in [2.45, 2.75) is 20.4 Å². The predicted molar refractivity (Wildman–Crippen MR) is 136 cm³/mol. The predicted octanol–water partition coefficient (Wildman–Crippen LogP) is 8.01. The van der Waals surface area contributed by atoms with Crippen LogP contribution in [0.5, 0.6) is 0 Å². The average molecular weight is 413 g/mol. The molecule has 32 heavy (non-hydrogen) atoms. The summed E-state index contributed by atoms with van der Waals surface area (Å²) in [5.74, 6) is 0. The summed E-state index contributed by atoms with van der Waals surface area (Å²) < 4.78 is 2.39. The van der Waals surface area contributed by atoms with Crippen molar-refractivity contribution in [2.75, 3.05) is 0 Å². The first-order valence-electron chi connectivity index (χ1n) is 11.2. The molecule has 4 aromatic carbocycles. The third-order valence-corrected chi connectivity index (χ3v) is 6.46. The van der Waals surface area contributed by atoms with Crippen LogP contribution in [0.15, 0.2) is 97.1 Å². The van der Waals surface area contributed by atoms with Gasteiger partial charge in [-0.05, 0) is 55.3 Å². The molecule has 0 aliphatic heterocycles. The van der Waals surface area contributed by atoms with Gasteiger partial charge in [0, 0.05) is 39.3 Å². The largest absolute Gasteiger partial charge is 0.341 e. The minimum atomic E-state index is 0.954. The Bertz CT molecular complexity index is 1600. The Labute approximate surface area is 187 Å². The van der Waals surface area contributed by atoms with Crippen LogP contribution in [-0.2, 0) is 6.54 Å². The van der Waals surface area contributed by atoms with E-state index in [2.05, 4.69) is 115 Å². The average Bonchev–Trinajstić information content (AvgIpc) is 3.17. The minimum Gasteiger partial charge on any atom is -0.341 e. The smallest absolute Gasteiger partial charge is 0.0716 e. The SMILES string of the molecule is CCn1c2ccccc2c2cc(-c3cc(-c4ccc(C)cc4)c4ccccc4n3)ccc21. The molecule has 0 N–H and O–H groups in total. The molecule has 0 aliphatic rings. The van der Waals surface area contributed by atoms with Gasteiger partial charge < -0.3 is 4.57 Å². The van der Waals surface area contributed by atoms with Crippen LogP contribution in [0.25, 0.3) is 55.1 Å². The zero-order chi connectivity index (χ0) is 21.7. The van der Waals surface area contributed by atoms with Crippen LogP contribution in [0.2, 0.25) is 0 Å². The van der Waals surface area contributed by atoms with Crippen molar-refractivity contribution in [3.63, 3.8) is 0 Å². The van der Waals surface area contributed by atoms with Crippen LogP contribution in [-0.4, -0.2) is 9.55 Å². The normalized spacial score (nSPS) is 11.6. The fourth-order valence-corrected chi connectivity index (χ4v) is 4.85. The summed E-state index contributed by atoms with van der Waals surface area (Å²) in [5, 5.41) is 3.77. The van der Waals surface area contributed by atoms with Gasteiger partial charge in [0.2, 0.25) is 0 Å². The maximum atomic E-state index is 5.06. The van der Waals surface area contributed by atoms with Gasteiger partial charge in [0.25, 0.3) is 0 Å². The number of hydrogen-bond donors (Lipinski definition) is 0. The first-order chi connectivity index (χ1) is 15.7. The van der Waals surface area contributed by atoms with Crippen LogP contribution >= 0.6 is 0 Å². The summed E-state index contributed by atoms with van der Waals surface area (Å²) >= 11 is 0. The van der Waals surface area contributed by atoms with E-state index in [1.807, 2.05) is 0 Å². The maximum Gasteiger partial charge on any atom is 0.0716 e. The van der Waals surface area contributed by atoms with Gasteiger partial charge in [-0.3, -0.25) is 0 Å². The summed E-state index contributed by atoms with van der Waals surface area (Å²) in [7, 11) is 0. The lowest BCUT2D eigenvalue weighted by Crippen LogP contribution is -1.93. The van der Waals surface area contributed by atoms with Gasteiger partial charge in [-0.1, -0.05) is 72.3 Å². The van der Waals surface area contributed by atoms with Gasteiger partial charge in [0.1, 0.15) is 0 Å². The molecule has 0 fully saturated rings. The van der Waals surface area contributed by atoms with Gasteiger partial charge in [-0.25, -0.2) is 4.98 Å². The van der Waals surface area contributed by atoms with E-state index >= 15 is 0 Å². The Balaban J connectivity index is 1.61. The maximum absolute atomic E-state index is 5.06. The fraction of sp³-hybridized carbons (Fsp3) is 0.100. The highest BCUT2D eigenvalue weighted by Crippen LogP contribution is 2.35. The summed E-state index contributed by atoms with van der Waals surface area (Å²) in [5.41, 5.74) is 9.46. The second-order valence-corrected chi connectivity index (χ2v) is 8.43. The Kier molecular flexibility index (Phi) is 4.32. The van der Waals surface area contributed by atoms with Crippen molar-refractivity contribution in [1.29, 1.82) is 0 Å². The number of para-hydroxylation sites is 2. The molecule has 0 amide bonds. The summed E-state index contributed by atoms with van der Waals surface area (Å²) in [6.07, 6.45) is 0. The molecule has 0 aliphatic carbocycles. The molecular weight excluding hydrogens is 388 g/mol. The number of hydrogen-bond acceptors (Lipinski definition) is 1. The second kappa shape index (κ2) is 7.35. The van der Waals surface area contributed by atoms with E-state index in [0.29, 0.717) is 0 Å². The van der Waals surface area contributed by atoms with E-state index in [4.69, 9.17) is 4.98 Å². The molecule has 2 nitrogen and oxygen atoms in total. The first kappa shape index (κ1) is 18.8. The fourth-order valence-electron chi connectivity index (χ4n) is 4.85. The highest BCUT2D eigenvalue weighted by Gasteiger charge is 2.13. The molecule has 2 heterocycles. The van der Waals surface area contributed by atoms with E-state index in [-0.39, 0.29) is 0 Å². The van der Waals surface area contributed by atoms with E-state index in [1.165, 1.54) is 43.9 Å². The Morgan fingerprint density at radius 2 is 1.34 bits per heavy atom. The molecule has 2 aromatic heterocycles. The Morgan fingerprint density at radius 3 is 2.16 bits per heavy atom. The molecule has 2 heteroatoms. The molecule has 0 atom stereocenters. The van der Waals surface area contributed by atoms with Gasteiger partial charge >= 0.3 is 0 Å². The standard InChI is InChI=1S/C30H24N2/c1-3-32-29-11-7-5-9-24(29)26-18-22(16-17-30(26)32)28-19-25(21-14-12-20(2)13-15-21)23-8-4-6-10-27(23)31-28/h4-19H,3H2,1-2H3. The zero-order valence-corrected chi connectivity index (χ0v) is 18.3. The van der Waals surface area contributed by atoms with E-state index in [0.717, 1.165) is 23.3 Å². The van der Waals surface area contributed by atoms with Gasteiger partial charge in [-0.2, -0.15) is 0 Å². The minimum absolute atomic E-state index is 0.954. The zero-order valence-electron chi connectivity index (χ0n) is 18.3. The number of nitrogens with zero attached hydrogens (tertiary/aromatic N) is 2. The molecule has 0 saturated heterocycles. The van der Waals surface area contributed by atoms with Crippen LogP contribution in [0.3, 0.4) is 0 Å². The van der Waals surface area contributed by atoms with Crippen LogP contribution in [0.4, 0.5) is 0 Å². The highest BCUT2D eigenvalue weighted by molar-refractivity contribution is 6.09. The van der Waals surface area contributed by atoms with Crippen molar-refractivity contribution >= 4 is 32.7 Å². The van der Waals surface area contributed by atoms with E-state index in [9.17, 15) is 0 Å². The summed E-state index contributed by atoms with van der Waals surface area (Å²) in [4.78, 5) is 5.06. The molecule has 0 radical (unpaired) electrons. The number of fused-ring (bicyclic) bond motifs is 4. The molecule has 6 rings (SSSR count). The number of rotatable bonds is 3. The molecule has 0 unspecified atom stereocenters. The van der Waals surface area contributed by atoms with Crippen LogP contribution in [0, 0.1) is 6.92 Å². The van der Waals surface area contributed by atoms with Gasteiger partial charge in [0.05, 0.1) is 11.2 Å². The van der Waals surface area contributed by atoms with E-state index < -0.39 is 0 Å². The third-order valence-electron chi connectivity index (χ3n) is 6.46. The second-order valence-electron chi connectivity index (χ2n) is 8.43. The van der Waals surface area contributed by atoms with Crippen molar-refractivity contribution in [3.05, 3.63) is 103 Å². The van der Waals surface area contributed by atoms with Crippen molar-refractivity contribution in [1.82, 2.24) is 9.55 Å². The Hall–Kier alpha value is -3.91. The summed E-state index contributed by atoms with van der Waals surface area (Å²) in [6, 6.07) is 34.9. The van der Waals surface area contributed by atoms with Gasteiger partial charge in [-0.15, -0.1) is 0 Å². The van der Waals surface area contributed by atoms with Crippen molar-refractivity contribution in [2.24, 2.45) is 0 Å². The molecule has 0 bridgehead atoms.